The Morgan fingerprint density at radius 3 is 3.00 bits per heavy atom. The number of nitrogens with zero attached hydrogens (tertiary/aromatic N) is 2. The van der Waals surface area contributed by atoms with E-state index in [1.807, 2.05) is 12.3 Å². The molecule has 2 heterocycles. The summed E-state index contributed by atoms with van der Waals surface area (Å²) in [6, 6.07) is 4.86. The number of aromatic nitrogens is 1. The van der Waals surface area contributed by atoms with E-state index in [0.717, 1.165) is 25.6 Å². The highest BCUT2D eigenvalue weighted by Gasteiger charge is 2.25. The van der Waals surface area contributed by atoms with Crippen LogP contribution in [-0.2, 0) is 6.54 Å². The van der Waals surface area contributed by atoms with Crippen LogP contribution in [0.25, 0.3) is 0 Å². The quantitative estimate of drug-likeness (QED) is 0.825. The molecule has 3 nitrogen and oxygen atoms in total. The first-order valence-electron chi connectivity index (χ1n) is 7.63. The first-order chi connectivity index (χ1) is 9.22. The Balaban J connectivity index is 2.13. The van der Waals surface area contributed by atoms with Crippen LogP contribution < -0.4 is 10.2 Å². The van der Waals surface area contributed by atoms with Crippen molar-refractivity contribution >= 4 is 5.82 Å². The zero-order valence-electron chi connectivity index (χ0n) is 12.5. The standard InChI is InChI=1S/C16H27N3/c1-4-9-17-11-15-6-5-10-18-16(15)19-12-13(2)7-8-14(19)3/h5-6,10,13-14,17H,4,7-9,11-12H2,1-3H3. The molecule has 2 rings (SSSR count). The summed E-state index contributed by atoms with van der Waals surface area (Å²) in [7, 11) is 0. The van der Waals surface area contributed by atoms with Crippen molar-refractivity contribution in [2.45, 2.75) is 52.6 Å². The average Bonchev–Trinajstić information content (AvgIpc) is 2.42. The van der Waals surface area contributed by atoms with Gasteiger partial charge in [0.25, 0.3) is 0 Å². The summed E-state index contributed by atoms with van der Waals surface area (Å²) in [4.78, 5) is 7.15. The van der Waals surface area contributed by atoms with Crippen LogP contribution in [0.1, 0.15) is 45.6 Å². The Morgan fingerprint density at radius 2 is 2.21 bits per heavy atom. The van der Waals surface area contributed by atoms with E-state index in [-0.39, 0.29) is 0 Å². The summed E-state index contributed by atoms with van der Waals surface area (Å²) in [6.45, 7) is 10.0. The smallest absolute Gasteiger partial charge is 0.133 e. The fourth-order valence-corrected chi connectivity index (χ4v) is 2.81. The van der Waals surface area contributed by atoms with E-state index in [1.165, 1.54) is 30.6 Å². The minimum atomic E-state index is 0.607. The van der Waals surface area contributed by atoms with Gasteiger partial charge in [0.05, 0.1) is 0 Å². The van der Waals surface area contributed by atoms with Crippen LogP contribution in [0.5, 0.6) is 0 Å². The molecule has 0 bridgehead atoms. The zero-order valence-corrected chi connectivity index (χ0v) is 12.5. The molecule has 0 aromatic carbocycles. The first-order valence-corrected chi connectivity index (χ1v) is 7.63. The van der Waals surface area contributed by atoms with Crippen molar-refractivity contribution in [1.29, 1.82) is 0 Å². The number of hydrogen-bond acceptors (Lipinski definition) is 3. The third-order valence-electron chi connectivity index (χ3n) is 4.00. The molecule has 1 fully saturated rings. The summed E-state index contributed by atoms with van der Waals surface area (Å²) in [5.41, 5.74) is 1.33. The Hall–Kier alpha value is -1.09. The van der Waals surface area contributed by atoms with Crippen molar-refractivity contribution in [1.82, 2.24) is 10.3 Å². The van der Waals surface area contributed by atoms with E-state index in [9.17, 15) is 0 Å². The molecule has 19 heavy (non-hydrogen) atoms. The van der Waals surface area contributed by atoms with Crippen LogP contribution >= 0.6 is 0 Å². The van der Waals surface area contributed by atoms with Crippen LogP contribution in [0.3, 0.4) is 0 Å². The molecule has 1 N–H and O–H groups in total. The Labute approximate surface area is 117 Å². The molecule has 1 aliphatic rings. The van der Waals surface area contributed by atoms with Gasteiger partial charge in [0.2, 0.25) is 0 Å². The van der Waals surface area contributed by atoms with Crippen molar-refractivity contribution < 1.29 is 0 Å². The number of anilines is 1. The van der Waals surface area contributed by atoms with E-state index in [1.54, 1.807) is 0 Å². The van der Waals surface area contributed by atoms with Gasteiger partial charge < -0.3 is 10.2 Å². The van der Waals surface area contributed by atoms with Crippen molar-refractivity contribution in [3.8, 4) is 0 Å². The average molecular weight is 261 g/mol. The fraction of sp³-hybridized carbons (Fsp3) is 0.688. The van der Waals surface area contributed by atoms with Crippen LogP contribution in [0.4, 0.5) is 5.82 Å². The molecule has 0 saturated carbocycles. The maximum atomic E-state index is 4.65. The monoisotopic (exact) mass is 261 g/mol. The van der Waals surface area contributed by atoms with E-state index < -0.39 is 0 Å². The Kier molecular flexibility index (Phi) is 5.20. The molecule has 2 unspecified atom stereocenters. The van der Waals surface area contributed by atoms with Crippen LogP contribution in [0.15, 0.2) is 18.3 Å². The molecule has 0 amide bonds. The minimum Gasteiger partial charge on any atom is -0.353 e. The molecule has 1 aromatic rings. The molecule has 3 heteroatoms. The molecule has 2 atom stereocenters. The van der Waals surface area contributed by atoms with Crippen LogP contribution in [0, 0.1) is 5.92 Å². The van der Waals surface area contributed by atoms with E-state index in [4.69, 9.17) is 0 Å². The molecule has 0 aliphatic carbocycles. The molecule has 1 saturated heterocycles. The van der Waals surface area contributed by atoms with Gasteiger partial charge in [-0.3, -0.25) is 0 Å². The second-order valence-electron chi connectivity index (χ2n) is 5.85. The predicted molar refractivity (Wildman–Crippen MR) is 81.4 cm³/mol. The highest BCUT2D eigenvalue weighted by atomic mass is 15.2. The van der Waals surface area contributed by atoms with Gasteiger partial charge in [-0.25, -0.2) is 4.98 Å². The van der Waals surface area contributed by atoms with E-state index in [2.05, 4.69) is 42.0 Å². The van der Waals surface area contributed by atoms with Gasteiger partial charge in [-0.2, -0.15) is 0 Å². The summed E-state index contributed by atoms with van der Waals surface area (Å²) < 4.78 is 0. The summed E-state index contributed by atoms with van der Waals surface area (Å²) in [5.74, 6) is 1.96. The second-order valence-corrected chi connectivity index (χ2v) is 5.85. The molecule has 106 valence electrons. The van der Waals surface area contributed by atoms with Gasteiger partial charge in [-0.1, -0.05) is 19.9 Å². The number of hydrogen-bond donors (Lipinski definition) is 1. The Bertz CT molecular complexity index is 391. The van der Waals surface area contributed by atoms with Gasteiger partial charge in [-0.05, 0) is 44.7 Å². The number of rotatable bonds is 5. The highest BCUT2D eigenvalue weighted by Crippen LogP contribution is 2.28. The first kappa shape index (κ1) is 14.3. The topological polar surface area (TPSA) is 28.2 Å². The molecular formula is C16H27N3. The third-order valence-corrected chi connectivity index (χ3v) is 4.00. The van der Waals surface area contributed by atoms with Gasteiger partial charge >= 0.3 is 0 Å². The zero-order chi connectivity index (χ0) is 13.7. The van der Waals surface area contributed by atoms with Crippen molar-refractivity contribution in [3.05, 3.63) is 23.9 Å². The number of pyridine rings is 1. The molecule has 0 radical (unpaired) electrons. The largest absolute Gasteiger partial charge is 0.353 e. The normalized spacial score (nSPS) is 23.6. The summed E-state index contributed by atoms with van der Waals surface area (Å²) in [6.07, 6.45) is 5.71. The maximum absolute atomic E-state index is 4.65. The lowest BCUT2D eigenvalue weighted by Gasteiger charge is -2.38. The maximum Gasteiger partial charge on any atom is 0.133 e. The fourth-order valence-electron chi connectivity index (χ4n) is 2.81. The van der Waals surface area contributed by atoms with Crippen molar-refractivity contribution in [3.63, 3.8) is 0 Å². The van der Waals surface area contributed by atoms with E-state index >= 15 is 0 Å². The highest BCUT2D eigenvalue weighted by molar-refractivity contribution is 5.48. The molecule has 1 aromatic heterocycles. The third kappa shape index (κ3) is 3.69. The molecule has 1 aliphatic heterocycles. The SMILES string of the molecule is CCCNCc1cccnc1N1CC(C)CCC1C. The number of piperidine rings is 1. The van der Waals surface area contributed by atoms with Crippen LogP contribution in [0.2, 0.25) is 0 Å². The van der Waals surface area contributed by atoms with Gasteiger partial charge in [0.15, 0.2) is 0 Å². The number of nitrogens with one attached hydrogen (secondary N) is 1. The molecule has 0 spiro atoms. The molecular weight excluding hydrogens is 234 g/mol. The lowest BCUT2D eigenvalue weighted by molar-refractivity contribution is 0.387. The van der Waals surface area contributed by atoms with E-state index in [0.29, 0.717) is 6.04 Å². The lowest BCUT2D eigenvalue weighted by atomic mass is 9.94. The summed E-state index contributed by atoms with van der Waals surface area (Å²) >= 11 is 0. The van der Waals surface area contributed by atoms with Crippen molar-refractivity contribution in [2.24, 2.45) is 5.92 Å². The van der Waals surface area contributed by atoms with Crippen molar-refractivity contribution in [2.75, 3.05) is 18.0 Å². The Morgan fingerprint density at radius 1 is 1.37 bits per heavy atom. The predicted octanol–water partition coefficient (Wildman–Crippen LogP) is 3.21. The van der Waals surface area contributed by atoms with Gasteiger partial charge in [0.1, 0.15) is 5.82 Å². The van der Waals surface area contributed by atoms with Gasteiger partial charge in [-0.15, -0.1) is 0 Å². The lowest BCUT2D eigenvalue weighted by Crippen LogP contribution is -2.42. The van der Waals surface area contributed by atoms with Gasteiger partial charge in [0, 0.05) is 30.9 Å². The summed E-state index contributed by atoms with van der Waals surface area (Å²) in [5, 5.41) is 3.49. The second kappa shape index (κ2) is 6.90. The minimum absolute atomic E-state index is 0.607. The van der Waals surface area contributed by atoms with Crippen LogP contribution in [-0.4, -0.2) is 24.1 Å².